The number of nitrogens with one attached hydrogen (secondary N) is 1. The van der Waals surface area contributed by atoms with E-state index in [1.165, 1.54) is 11.3 Å². The quantitative estimate of drug-likeness (QED) is 0.936. The molecule has 1 aromatic heterocycles. The van der Waals surface area contributed by atoms with Crippen molar-refractivity contribution in [3.63, 3.8) is 0 Å². The molecule has 1 N–H and O–H groups in total. The number of anilines is 1. The molecular weight excluding hydrogens is 266 g/mol. The van der Waals surface area contributed by atoms with Crippen LogP contribution in [-0.4, -0.2) is 8.42 Å². The summed E-state index contributed by atoms with van der Waals surface area (Å²) in [6.45, 7) is 5.87. The van der Waals surface area contributed by atoms with Crippen LogP contribution in [-0.2, 0) is 10.0 Å². The normalized spacial score (nSPS) is 11.5. The van der Waals surface area contributed by atoms with Gasteiger partial charge in [0.15, 0.2) is 0 Å². The van der Waals surface area contributed by atoms with Gasteiger partial charge in [0.2, 0.25) is 0 Å². The predicted octanol–water partition coefficient (Wildman–Crippen LogP) is 3.47. The fourth-order valence-corrected chi connectivity index (χ4v) is 3.75. The minimum Gasteiger partial charge on any atom is -0.270 e. The van der Waals surface area contributed by atoms with Crippen molar-refractivity contribution in [2.45, 2.75) is 25.7 Å². The van der Waals surface area contributed by atoms with Crippen molar-refractivity contribution < 1.29 is 8.42 Å². The molecule has 0 saturated carbocycles. The maximum Gasteiger partial charge on any atom is 0.262 e. The van der Waals surface area contributed by atoms with Crippen LogP contribution in [0.25, 0.3) is 0 Å². The minimum atomic E-state index is -3.47. The highest BCUT2D eigenvalue weighted by atomic mass is 32.2. The third-order valence-electron chi connectivity index (χ3n) is 2.73. The van der Waals surface area contributed by atoms with Crippen molar-refractivity contribution in [3.8, 4) is 0 Å². The van der Waals surface area contributed by atoms with E-state index < -0.39 is 10.0 Å². The van der Waals surface area contributed by atoms with Gasteiger partial charge in [-0.2, -0.15) is 0 Å². The molecule has 0 radical (unpaired) electrons. The van der Waals surface area contributed by atoms with Gasteiger partial charge in [0, 0.05) is 4.88 Å². The predicted molar refractivity (Wildman–Crippen MR) is 75.8 cm³/mol. The number of sulfonamides is 1. The van der Waals surface area contributed by atoms with Gasteiger partial charge in [0.25, 0.3) is 10.0 Å². The Morgan fingerprint density at radius 3 is 2.17 bits per heavy atom. The van der Waals surface area contributed by atoms with Crippen molar-refractivity contribution in [3.05, 3.63) is 46.3 Å². The first-order chi connectivity index (χ1) is 8.38. The molecule has 0 spiro atoms. The second-order valence-electron chi connectivity index (χ2n) is 4.27. The molecule has 3 nitrogen and oxygen atoms in total. The zero-order valence-electron chi connectivity index (χ0n) is 10.5. The second kappa shape index (κ2) is 4.74. The first-order valence-electron chi connectivity index (χ1n) is 5.55. The summed E-state index contributed by atoms with van der Waals surface area (Å²) >= 11 is 1.45. The summed E-state index contributed by atoms with van der Waals surface area (Å²) in [7, 11) is -3.47. The van der Waals surface area contributed by atoms with E-state index in [2.05, 4.69) is 4.72 Å². The topological polar surface area (TPSA) is 46.2 Å². The van der Waals surface area contributed by atoms with E-state index in [0.717, 1.165) is 16.0 Å². The molecule has 96 valence electrons. The molecule has 5 heteroatoms. The Balaban J connectivity index is 2.29. The lowest BCUT2D eigenvalue weighted by Gasteiger charge is -2.05. The van der Waals surface area contributed by atoms with Crippen LogP contribution in [0.2, 0.25) is 0 Å². The molecule has 0 unspecified atom stereocenters. The first-order valence-corrected chi connectivity index (χ1v) is 7.85. The van der Waals surface area contributed by atoms with Gasteiger partial charge >= 0.3 is 0 Å². The van der Waals surface area contributed by atoms with Crippen molar-refractivity contribution in [1.29, 1.82) is 0 Å². The van der Waals surface area contributed by atoms with Gasteiger partial charge in [-0.25, -0.2) is 8.42 Å². The van der Waals surface area contributed by atoms with Gasteiger partial charge in [0.05, 0.1) is 4.90 Å². The average Bonchev–Trinajstić information content (AvgIpc) is 2.57. The largest absolute Gasteiger partial charge is 0.270 e. The van der Waals surface area contributed by atoms with Crippen LogP contribution in [0.4, 0.5) is 5.00 Å². The Kier molecular flexibility index (Phi) is 3.45. The summed E-state index contributed by atoms with van der Waals surface area (Å²) in [6, 6.07) is 8.67. The summed E-state index contributed by atoms with van der Waals surface area (Å²) in [6.07, 6.45) is 0. The smallest absolute Gasteiger partial charge is 0.262 e. The maximum atomic E-state index is 12.1. The van der Waals surface area contributed by atoms with Crippen LogP contribution in [0.5, 0.6) is 0 Å². The standard InChI is InChI=1S/C13H15NO2S2/c1-9-4-6-12(7-5-9)18(15,16)14-13-8-10(2)11(3)17-13/h4-8,14H,1-3H3. The van der Waals surface area contributed by atoms with E-state index >= 15 is 0 Å². The van der Waals surface area contributed by atoms with E-state index in [1.807, 2.05) is 26.8 Å². The number of aryl methyl sites for hydroxylation is 3. The van der Waals surface area contributed by atoms with Gasteiger partial charge in [-0.05, 0) is 44.5 Å². The Morgan fingerprint density at radius 2 is 1.67 bits per heavy atom. The zero-order valence-corrected chi connectivity index (χ0v) is 12.2. The number of benzene rings is 1. The molecule has 0 aliphatic heterocycles. The van der Waals surface area contributed by atoms with E-state index in [4.69, 9.17) is 0 Å². The van der Waals surface area contributed by atoms with E-state index in [1.54, 1.807) is 24.3 Å². The summed E-state index contributed by atoms with van der Waals surface area (Å²) < 4.78 is 26.9. The van der Waals surface area contributed by atoms with Gasteiger partial charge in [-0.15, -0.1) is 11.3 Å². The summed E-state index contributed by atoms with van der Waals surface area (Å²) in [4.78, 5) is 1.41. The lowest BCUT2D eigenvalue weighted by molar-refractivity contribution is 0.601. The van der Waals surface area contributed by atoms with Crippen molar-refractivity contribution in [2.75, 3.05) is 4.72 Å². The average molecular weight is 281 g/mol. The SMILES string of the molecule is Cc1ccc(S(=O)(=O)Nc2cc(C)c(C)s2)cc1. The van der Waals surface area contributed by atoms with Gasteiger partial charge in [-0.1, -0.05) is 17.7 Å². The van der Waals surface area contributed by atoms with Crippen molar-refractivity contribution in [1.82, 2.24) is 0 Å². The second-order valence-corrected chi connectivity index (χ2v) is 7.21. The monoisotopic (exact) mass is 281 g/mol. The molecule has 1 heterocycles. The van der Waals surface area contributed by atoms with Crippen LogP contribution < -0.4 is 4.72 Å². The van der Waals surface area contributed by atoms with E-state index in [0.29, 0.717) is 5.00 Å². The molecule has 0 saturated heterocycles. The highest BCUT2D eigenvalue weighted by Crippen LogP contribution is 2.27. The summed E-state index contributed by atoms with van der Waals surface area (Å²) in [5, 5.41) is 0.658. The van der Waals surface area contributed by atoms with Crippen LogP contribution in [0.15, 0.2) is 35.2 Å². The number of rotatable bonds is 3. The molecule has 0 bridgehead atoms. The summed E-state index contributed by atoms with van der Waals surface area (Å²) in [5.74, 6) is 0. The Hall–Kier alpha value is -1.33. The molecule has 0 amide bonds. The number of thiophene rings is 1. The molecule has 2 rings (SSSR count). The molecule has 1 aromatic carbocycles. The zero-order chi connectivity index (χ0) is 13.3. The number of hydrogen-bond acceptors (Lipinski definition) is 3. The van der Waals surface area contributed by atoms with E-state index in [9.17, 15) is 8.42 Å². The number of hydrogen-bond donors (Lipinski definition) is 1. The van der Waals surface area contributed by atoms with Gasteiger partial charge in [-0.3, -0.25) is 4.72 Å². The molecule has 0 aliphatic carbocycles. The third kappa shape index (κ3) is 2.73. The third-order valence-corrected chi connectivity index (χ3v) is 5.31. The molecular formula is C13H15NO2S2. The molecule has 0 aliphatic rings. The fourth-order valence-electron chi connectivity index (χ4n) is 1.53. The Morgan fingerprint density at radius 1 is 1.06 bits per heavy atom. The molecule has 18 heavy (non-hydrogen) atoms. The molecule has 0 fully saturated rings. The van der Waals surface area contributed by atoms with Crippen molar-refractivity contribution in [2.24, 2.45) is 0 Å². The van der Waals surface area contributed by atoms with E-state index in [-0.39, 0.29) is 4.90 Å². The molecule has 2 aromatic rings. The highest BCUT2D eigenvalue weighted by molar-refractivity contribution is 7.93. The van der Waals surface area contributed by atoms with Crippen molar-refractivity contribution >= 4 is 26.4 Å². The van der Waals surface area contributed by atoms with Crippen LogP contribution in [0.3, 0.4) is 0 Å². The Bertz CT molecular complexity index is 635. The van der Waals surface area contributed by atoms with Gasteiger partial charge in [0.1, 0.15) is 5.00 Å². The summed E-state index contributed by atoms with van der Waals surface area (Å²) in [5.41, 5.74) is 2.14. The fraction of sp³-hybridized carbons (Fsp3) is 0.231. The lowest BCUT2D eigenvalue weighted by atomic mass is 10.2. The highest BCUT2D eigenvalue weighted by Gasteiger charge is 2.15. The molecule has 0 atom stereocenters. The van der Waals surface area contributed by atoms with Crippen LogP contribution >= 0.6 is 11.3 Å². The minimum absolute atomic E-state index is 0.289. The van der Waals surface area contributed by atoms with Crippen LogP contribution in [0, 0.1) is 20.8 Å². The maximum absolute atomic E-state index is 12.1. The van der Waals surface area contributed by atoms with Gasteiger partial charge < -0.3 is 0 Å². The lowest BCUT2D eigenvalue weighted by Crippen LogP contribution is -2.11. The first kappa shape index (κ1) is 13.1. The van der Waals surface area contributed by atoms with Crippen LogP contribution in [0.1, 0.15) is 16.0 Å². The Labute approximate surface area is 112 Å².